The molecule has 1 N–H and O–H groups in total. The molecule has 1 aliphatic heterocycles. The second-order valence-corrected chi connectivity index (χ2v) is 5.75. The zero-order valence-electron chi connectivity index (χ0n) is 12.8. The van der Waals surface area contributed by atoms with Gasteiger partial charge in [-0.15, -0.1) is 0 Å². The topological polar surface area (TPSA) is 49.4 Å². The van der Waals surface area contributed by atoms with Gasteiger partial charge in [-0.1, -0.05) is 25.1 Å². The van der Waals surface area contributed by atoms with Crippen molar-refractivity contribution in [3.8, 4) is 0 Å². The Morgan fingerprint density at radius 2 is 1.86 bits per heavy atom. The minimum atomic E-state index is 0.0406. The number of nitrogens with zero attached hydrogens (tertiary/aromatic N) is 1. The monoisotopic (exact) mass is 288 g/mol. The minimum Gasteiger partial charge on any atom is -0.353 e. The molecule has 114 valence electrons. The molecule has 1 fully saturated rings. The van der Waals surface area contributed by atoms with Crippen LogP contribution in [0.25, 0.3) is 0 Å². The van der Waals surface area contributed by atoms with Crippen molar-refractivity contribution in [2.45, 2.75) is 39.2 Å². The number of hydrogen-bond acceptors (Lipinski definition) is 2. The summed E-state index contributed by atoms with van der Waals surface area (Å²) in [6, 6.07) is 9.55. The molecule has 1 aromatic carbocycles. The summed E-state index contributed by atoms with van der Waals surface area (Å²) >= 11 is 0. The van der Waals surface area contributed by atoms with Crippen LogP contribution in [-0.2, 0) is 4.79 Å². The predicted molar refractivity (Wildman–Crippen MR) is 83.0 cm³/mol. The van der Waals surface area contributed by atoms with E-state index >= 15 is 0 Å². The highest BCUT2D eigenvalue weighted by Gasteiger charge is 2.28. The van der Waals surface area contributed by atoms with Crippen LogP contribution < -0.4 is 5.32 Å². The van der Waals surface area contributed by atoms with Gasteiger partial charge in [0.15, 0.2) is 0 Å². The third-order valence-electron chi connectivity index (χ3n) is 4.17. The highest BCUT2D eigenvalue weighted by atomic mass is 16.2. The average molecular weight is 288 g/mol. The maximum Gasteiger partial charge on any atom is 0.253 e. The van der Waals surface area contributed by atoms with Gasteiger partial charge in [0.1, 0.15) is 0 Å². The van der Waals surface area contributed by atoms with Crippen molar-refractivity contribution in [1.29, 1.82) is 0 Å². The summed E-state index contributed by atoms with van der Waals surface area (Å²) in [4.78, 5) is 26.3. The molecule has 21 heavy (non-hydrogen) atoms. The number of piperidine rings is 1. The molecule has 0 bridgehead atoms. The largest absolute Gasteiger partial charge is 0.353 e. The molecule has 1 aliphatic rings. The van der Waals surface area contributed by atoms with Gasteiger partial charge in [-0.05, 0) is 38.3 Å². The fraction of sp³-hybridized carbons (Fsp3) is 0.529. The first-order chi connectivity index (χ1) is 10.1. The second kappa shape index (κ2) is 7.25. The van der Waals surface area contributed by atoms with Gasteiger partial charge >= 0.3 is 0 Å². The van der Waals surface area contributed by atoms with E-state index in [-0.39, 0.29) is 23.8 Å². The van der Waals surface area contributed by atoms with Gasteiger partial charge < -0.3 is 10.2 Å². The molecule has 1 saturated heterocycles. The van der Waals surface area contributed by atoms with Gasteiger partial charge in [0.05, 0.1) is 0 Å². The quantitative estimate of drug-likeness (QED) is 0.925. The van der Waals surface area contributed by atoms with Crippen LogP contribution in [0.15, 0.2) is 30.3 Å². The number of nitrogens with one attached hydrogen (secondary N) is 1. The van der Waals surface area contributed by atoms with Gasteiger partial charge in [-0.25, -0.2) is 0 Å². The van der Waals surface area contributed by atoms with Gasteiger partial charge in [-0.2, -0.15) is 0 Å². The average Bonchev–Trinajstić information content (AvgIpc) is 2.55. The summed E-state index contributed by atoms with van der Waals surface area (Å²) in [5.74, 6) is 0.242. The second-order valence-electron chi connectivity index (χ2n) is 5.75. The molecule has 0 spiro atoms. The van der Waals surface area contributed by atoms with Crippen molar-refractivity contribution >= 4 is 11.8 Å². The molecule has 1 aromatic rings. The molecule has 0 radical (unpaired) electrons. The van der Waals surface area contributed by atoms with E-state index in [1.807, 2.05) is 42.2 Å². The van der Waals surface area contributed by atoms with Gasteiger partial charge in [0.2, 0.25) is 5.91 Å². The highest BCUT2D eigenvalue weighted by Crippen LogP contribution is 2.19. The Morgan fingerprint density at radius 1 is 1.24 bits per heavy atom. The highest BCUT2D eigenvalue weighted by molar-refractivity contribution is 5.94. The minimum absolute atomic E-state index is 0.0406. The maximum atomic E-state index is 12.3. The smallest absolute Gasteiger partial charge is 0.253 e. The van der Waals surface area contributed by atoms with E-state index < -0.39 is 0 Å². The van der Waals surface area contributed by atoms with Gasteiger partial charge in [0.25, 0.3) is 5.91 Å². The summed E-state index contributed by atoms with van der Waals surface area (Å²) in [5.41, 5.74) is 0.722. The Bertz CT molecular complexity index is 479. The Morgan fingerprint density at radius 3 is 2.43 bits per heavy atom. The van der Waals surface area contributed by atoms with E-state index in [0.29, 0.717) is 13.1 Å². The summed E-state index contributed by atoms with van der Waals surface area (Å²) in [5, 5.41) is 3.03. The van der Waals surface area contributed by atoms with Crippen LogP contribution in [0.5, 0.6) is 0 Å². The zero-order valence-corrected chi connectivity index (χ0v) is 12.8. The molecule has 1 heterocycles. The summed E-state index contributed by atoms with van der Waals surface area (Å²) in [6.45, 7) is 5.40. The Labute approximate surface area is 126 Å². The standard InChI is InChI=1S/C17H24N2O2/c1-3-13(2)18-16(20)14-9-11-19(12-10-14)17(21)15-7-5-4-6-8-15/h4-8,13-14H,3,9-12H2,1-2H3,(H,18,20)/t13-/m0/s1. The van der Waals surface area contributed by atoms with Crippen LogP contribution in [0.1, 0.15) is 43.5 Å². The molecule has 0 saturated carbocycles. The SMILES string of the molecule is CC[C@H](C)NC(=O)C1CCN(C(=O)c2ccccc2)CC1. The van der Waals surface area contributed by atoms with Crippen LogP contribution in [-0.4, -0.2) is 35.8 Å². The maximum absolute atomic E-state index is 12.3. The third kappa shape index (κ3) is 4.06. The van der Waals surface area contributed by atoms with Crippen molar-refractivity contribution in [2.24, 2.45) is 5.92 Å². The molecule has 4 nitrogen and oxygen atoms in total. The number of benzene rings is 1. The van der Waals surface area contributed by atoms with Crippen LogP contribution in [0.3, 0.4) is 0 Å². The van der Waals surface area contributed by atoms with E-state index in [1.165, 1.54) is 0 Å². The van der Waals surface area contributed by atoms with Crippen molar-refractivity contribution in [1.82, 2.24) is 10.2 Å². The molecule has 2 amide bonds. The molecule has 4 heteroatoms. The fourth-order valence-corrected chi connectivity index (χ4v) is 2.57. The lowest BCUT2D eigenvalue weighted by atomic mass is 9.95. The van der Waals surface area contributed by atoms with E-state index in [1.54, 1.807) is 0 Å². The predicted octanol–water partition coefficient (Wildman–Crippen LogP) is 2.45. The zero-order chi connectivity index (χ0) is 15.2. The lowest BCUT2D eigenvalue weighted by molar-refractivity contribution is -0.126. The van der Waals surface area contributed by atoms with Crippen LogP contribution in [0, 0.1) is 5.92 Å². The van der Waals surface area contributed by atoms with E-state index in [0.717, 1.165) is 24.8 Å². The van der Waals surface area contributed by atoms with E-state index in [2.05, 4.69) is 12.2 Å². The molecule has 0 aromatic heterocycles. The van der Waals surface area contributed by atoms with E-state index in [4.69, 9.17) is 0 Å². The molecule has 1 atom stereocenters. The van der Waals surface area contributed by atoms with Gasteiger partial charge in [0, 0.05) is 30.6 Å². The summed E-state index contributed by atoms with van der Waals surface area (Å²) < 4.78 is 0. The molecule has 0 unspecified atom stereocenters. The molecular formula is C17H24N2O2. The number of carbonyl (C=O) groups is 2. The van der Waals surface area contributed by atoms with Crippen LogP contribution >= 0.6 is 0 Å². The lowest BCUT2D eigenvalue weighted by Gasteiger charge is -2.32. The van der Waals surface area contributed by atoms with Crippen LogP contribution in [0.2, 0.25) is 0 Å². The molecule has 2 rings (SSSR count). The Kier molecular flexibility index (Phi) is 5.37. The van der Waals surface area contributed by atoms with Crippen molar-refractivity contribution < 1.29 is 9.59 Å². The van der Waals surface area contributed by atoms with Crippen LogP contribution in [0.4, 0.5) is 0 Å². The normalized spacial score (nSPS) is 17.3. The fourth-order valence-electron chi connectivity index (χ4n) is 2.57. The van der Waals surface area contributed by atoms with Crippen molar-refractivity contribution in [3.05, 3.63) is 35.9 Å². The molecular weight excluding hydrogens is 264 g/mol. The van der Waals surface area contributed by atoms with Crippen molar-refractivity contribution in [2.75, 3.05) is 13.1 Å². The Hall–Kier alpha value is -1.84. The number of hydrogen-bond donors (Lipinski definition) is 1. The summed E-state index contributed by atoms with van der Waals surface area (Å²) in [6.07, 6.45) is 2.44. The molecule has 0 aliphatic carbocycles. The van der Waals surface area contributed by atoms with Gasteiger partial charge in [-0.3, -0.25) is 9.59 Å². The first-order valence-electron chi connectivity index (χ1n) is 7.76. The van der Waals surface area contributed by atoms with Crippen molar-refractivity contribution in [3.63, 3.8) is 0 Å². The third-order valence-corrected chi connectivity index (χ3v) is 4.17. The number of likely N-dealkylation sites (tertiary alicyclic amines) is 1. The Balaban J connectivity index is 1.86. The first kappa shape index (κ1) is 15.5. The number of carbonyl (C=O) groups excluding carboxylic acids is 2. The number of rotatable bonds is 4. The van der Waals surface area contributed by atoms with E-state index in [9.17, 15) is 9.59 Å². The first-order valence-corrected chi connectivity index (χ1v) is 7.76. The number of amides is 2. The lowest BCUT2D eigenvalue weighted by Crippen LogP contribution is -2.44. The summed E-state index contributed by atoms with van der Waals surface area (Å²) in [7, 11) is 0.